The average Bonchev–Trinajstić information content (AvgIpc) is 2.90. The van der Waals surface area contributed by atoms with Gasteiger partial charge in [-0.3, -0.25) is 4.98 Å². The molecule has 2 nitrogen and oxygen atoms in total. The fraction of sp³-hybridized carbons (Fsp3) is 0. The van der Waals surface area contributed by atoms with Crippen molar-refractivity contribution < 1.29 is 0 Å². The summed E-state index contributed by atoms with van der Waals surface area (Å²) in [6.45, 7) is 0. The van der Waals surface area contributed by atoms with Gasteiger partial charge >= 0.3 is 0 Å². The Morgan fingerprint density at radius 1 is 1.00 bits per heavy atom. The van der Waals surface area contributed by atoms with Crippen molar-refractivity contribution in [1.82, 2.24) is 9.97 Å². The molecule has 0 aliphatic rings. The molecule has 0 aliphatic carbocycles. The highest BCUT2D eigenvalue weighted by Crippen LogP contribution is 2.31. The minimum atomic E-state index is 0.726. The summed E-state index contributed by atoms with van der Waals surface area (Å²) < 4.78 is 0. The quantitative estimate of drug-likeness (QED) is 0.685. The fourth-order valence-corrected chi connectivity index (χ4v) is 2.75. The lowest BCUT2D eigenvalue weighted by atomic mass is 10.2. The maximum atomic E-state index is 6.17. The summed E-state index contributed by atoms with van der Waals surface area (Å²) in [6.07, 6.45) is 3.54. The van der Waals surface area contributed by atoms with E-state index in [1.807, 2.05) is 41.8 Å². The molecule has 0 saturated heterocycles. The summed E-state index contributed by atoms with van der Waals surface area (Å²) in [6, 6.07) is 11.6. The lowest BCUT2D eigenvalue weighted by molar-refractivity contribution is 1.32. The number of pyridine rings is 1. The maximum Gasteiger partial charge on any atom is 0.124 e. The first-order valence-corrected chi connectivity index (χ1v) is 6.71. The Hall–Kier alpha value is -1.71. The summed E-state index contributed by atoms with van der Waals surface area (Å²) in [7, 11) is 0. The Labute approximate surface area is 114 Å². The molecule has 1 aromatic carbocycles. The Bertz CT molecular complexity index is 664. The second kappa shape index (κ2) is 4.88. The van der Waals surface area contributed by atoms with Crippen molar-refractivity contribution in [2.45, 2.75) is 0 Å². The van der Waals surface area contributed by atoms with Crippen molar-refractivity contribution in [2.75, 3.05) is 0 Å². The van der Waals surface area contributed by atoms with E-state index in [1.54, 1.807) is 23.7 Å². The van der Waals surface area contributed by atoms with Gasteiger partial charge in [0.25, 0.3) is 0 Å². The van der Waals surface area contributed by atoms with Gasteiger partial charge < -0.3 is 0 Å². The highest BCUT2D eigenvalue weighted by atomic mass is 35.5. The third-order valence-electron chi connectivity index (χ3n) is 2.58. The van der Waals surface area contributed by atoms with Crippen molar-refractivity contribution in [2.24, 2.45) is 0 Å². The average molecular weight is 273 g/mol. The Morgan fingerprint density at radius 2 is 1.78 bits per heavy atom. The van der Waals surface area contributed by atoms with Crippen LogP contribution < -0.4 is 0 Å². The van der Waals surface area contributed by atoms with Crippen LogP contribution in [-0.4, -0.2) is 9.97 Å². The number of hydrogen-bond donors (Lipinski definition) is 0. The number of benzene rings is 1. The summed E-state index contributed by atoms with van der Waals surface area (Å²) in [5, 5.41) is 3.73. The summed E-state index contributed by atoms with van der Waals surface area (Å²) >= 11 is 7.78. The zero-order valence-electron chi connectivity index (χ0n) is 9.38. The van der Waals surface area contributed by atoms with Crippen LogP contribution in [-0.2, 0) is 0 Å². The smallest absolute Gasteiger partial charge is 0.124 e. The first-order valence-electron chi connectivity index (χ1n) is 5.45. The van der Waals surface area contributed by atoms with Crippen molar-refractivity contribution in [1.29, 1.82) is 0 Å². The van der Waals surface area contributed by atoms with E-state index >= 15 is 0 Å². The first-order chi connectivity index (χ1) is 8.84. The largest absolute Gasteiger partial charge is 0.265 e. The third kappa shape index (κ3) is 2.15. The molecule has 0 spiro atoms. The Morgan fingerprint density at radius 3 is 2.56 bits per heavy atom. The maximum absolute atomic E-state index is 6.17. The molecule has 2 heterocycles. The molecule has 0 amide bonds. The molecule has 4 heteroatoms. The van der Waals surface area contributed by atoms with Crippen LogP contribution >= 0.6 is 22.9 Å². The van der Waals surface area contributed by atoms with Crippen molar-refractivity contribution in [3.63, 3.8) is 0 Å². The van der Waals surface area contributed by atoms with E-state index in [0.717, 1.165) is 26.9 Å². The lowest BCUT2D eigenvalue weighted by Crippen LogP contribution is -1.80. The van der Waals surface area contributed by atoms with E-state index in [-0.39, 0.29) is 0 Å². The molecule has 3 rings (SSSR count). The predicted molar refractivity (Wildman–Crippen MR) is 75.8 cm³/mol. The number of aromatic nitrogens is 2. The molecule has 0 fully saturated rings. The van der Waals surface area contributed by atoms with Gasteiger partial charge in [0.15, 0.2) is 0 Å². The minimum absolute atomic E-state index is 0.726. The summed E-state index contributed by atoms with van der Waals surface area (Å²) in [5.41, 5.74) is 2.96. The molecular formula is C14H9ClN2S. The molecular weight excluding hydrogens is 264 g/mol. The van der Waals surface area contributed by atoms with Gasteiger partial charge in [-0.25, -0.2) is 4.98 Å². The van der Waals surface area contributed by atoms with E-state index < -0.39 is 0 Å². The molecule has 0 aliphatic heterocycles. The predicted octanol–water partition coefficient (Wildman–Crippen LogP) is 4.53. The fourth-order valence-electron chi connectivity index (χ4n) is 1.69. The van der Waals surface area contributed by atoms with Gasteiger partial charge in [0.05, 0.1) is 5.69 Å². The molecule has 0 saturated carbocycles. The lowest BCUT2D eigenvalue weighted by Gasteiger charge is -1.99. The second-order valence-corrected chi connectivity index (χ2v) is 5.02. The number of hydrogen-bond acceptors (Lipinski definition) is 3. The molecule has 0 bridgehead atoms. The molecule has 0 radical (unpaired) electrons. The number of rotatable bonds is 2. The van der Waals surface area contributed by atoms with Crippen LogP contribution in [0.2, 0.25) is 5.02 Å². The highest BCUT2D eigenvalue weighted by Gasteiger charge is 2.08. The van der Waals surface area contributed by atoms with Gasteiger partial charge in [0.1, 0.15) is 5.01 Å². The summed E-state index contributed by atoms with van der Waals surface area (Å²) in [4.78, 5) is 8.62. The normalized spacial score (nSPS) is 10.5. The van der Waals surface area contributed by atoms with Gasteiger partial charge in [-0.2, -0.15) is 0 Å². The van der Waals surface area contributed by atoms with Crippen molar-refractivity contribution in [3.8, 4) is 21.8 Å². The SMILES string of the molecule is Clc1ccccc1-c1csc(-c2ccncc2)n1. The molecule has 0 unspecified atom stereocenters. The monoisotopic (exact) mass is 272 g/mol. The van der Waals surface area contributed by atoms with Crippen LogP contribution in [0.15, 0.2) is 54.2 Å². The second-order valence-electron chi connectivity index (χ2n) is 3.75. The minimum Gasteiger partial charge on any atom is -0.265 e. The van der Waals surface area contributed by atoms with Gasteiger partial charge in [0, 0.05) is 33.9 Å². The third-order valence-corrected chi connectivity index (χ3v) is 3.80. The Balaban J connectivity index is 2.03. The number of nitrogens with zero attached hydrogens (tertiary/aromatic N) is 2. The van der Waals surface area contributed by atoms with E-state index in [9.17, 15) is 0 Å². The van der Waals surface area contributed by atoms with Crippen LogP contribution in [0.3, 0.4) is 0 Å². The zero-order valence-corrected chi connectivity index (χ0v) is 10.9. The molecule has 2 aromatic heterocycles. The molecule has 0 atom stereocenters. The van der Waals surface area contributed by atoms with Crippen LogP contribution in [0.4, 0.5) is 0 Å². The number of thiazole rings is 1. The van der Waals surface area contributed by atoms with Crippen LogP contribution in [0, 0.1) is 0 Å². The van der Waals surface area contributed by atoms with Gasteiger partial charge in [0.2, 0.25) is 0 Å². The van der Waals surface area contributed by atoms with Gasteiger partial charge in [-0.15, -0.1) is 11.3 Å². The first kappa shape index (κ1) is 11.4. The standard InChI is InChI=1S/C14H9ClN2S/c15-12-4-2-1-3-11(12)13-9-18-14(17-13)10-5-7-16-8-6-10/h1-9H. The molecule has 88 valence electrons. The molecule has 0 N–H and O–H groups in total. The molecule has 3 aromatic rings. The van der Waals surface area contributed by atoms with Gasteiger partial charge in [-0.1, -0.05) is 29.8 Å². The van der Waals surface area contributed by atoms with Gasteiger partial charge in [-0.05, 0) is 18.2 Å². The van der Waals surface area contributed by atoms with Crippen LogP contribution in [0.5, 0.6) is 0 Å². The van der Waals surface area contributed by atoms with Crippen LogP contribution in [0.1, 0.15) is 0 Å². The van der Waals surface area contributed by atoms with Crippen molar-refractivity contribution in [3.05, 3.63) is 59.2 Å². The van der Waals surface area contributed by atoms with E-state index in [1.165, 1.54) is 0 Å². The zero-order chi connectivity index (χ0) is 12.4. The van der Waals surface area contributed by atoms with Crippen LogP contribution in [0.25, 0.3) is 21.8 Å². The Kier molecular flexibility index (Phi) is 3.09. The molecule has 18 heavy (non-hydrogen) atoms. The summed E-state index contributed by atoms with van der Waals surface area (Å²) in [5.74, 6) is 0. The van der Waals surface area contributed by atoms with E-state index in [4.69, 9.17) is 11.6 Å². The van der Waals surface area contributed by atoms with Crippen molar-refractivity contribution >= 4 is 22.9 Å². The van der Waals surface area contributed by atoms with E-state index in [0.29, 0.717) is 0 Å². The highest BCUT2D eigenvalue weighted by molar-refractivity contribution is 7.13. The topological polar surface area (TPSA) is 25.8 Å². The van der Waals surface area contributed by atoms with E-state index in [2.05, 4.69) is 9.97 Å². The number of halogens is 1.